The summed E-state index contributed by atoms with van der Waals surface area (Å²) in [7, 11) is 0. The van der Waals surface area contributed by atoms with Crippen molar-refractivity contribution in [2.24, 2.45) is 5.92 Å². The van der Waals surface area contributed by atoms with Gasteiger partial charge in [-0.3, -0.25) is 0 Å². The van der Waals surface area contributed by atoms with E-state index in [0.29, 0.717) is 5.92 Å². The predicted molar refractivity (Wildman–Crippen MR) is 125 cm³/mol. The number of benzene rings is 4. The third-order valence-corrected chi connectivity index (χ3v) is 5.70. The van der Waals surface area contributed by atoms with Crippen molar-refractivity contribution in [2.45, 2.75) is 20.4 Å². The van der Waals surface area contributed by atoms with E-state index < -0.39 is 0 Å². The molecule has 0 unspecified atom stereocenters. The molecule has 0 spiro atoms. The summed E-state index contributed by atoms with van der Waals surface area (Å²) in [6.45, 7) is 5.48. The molecular weight excluding hydrogens is 369 g/mol. The van der Waals surface area contributed by atoms with Gasteiger partial charge in [0.1, 0.15) is 5.82 Å². The molecule has 0 aliphatic carbocycles. The van der Waals surface area contributed by atoms with Crippen LogP contribution in [0, 0.1) is 11.7 Å². The van der Waals surface area contributed by atoms with Crippen LogP contribution in [0.4, 0.5) is 4.39 Å². The second kappa shape index (κ2) is 7.46. The van der Waals surface area contributed by atoms with Gasteiger partial charge in [0.25, 0.3) is 0 Å². The number of aromatic nitrogens is 1. The highest BCUT2D eigenvalue weighted by Crippen LogP contribution is 2.35. The Bertz CT molecular complexity index is 1330. The van der Waals surface area contributed by atoms with Gasteiger partial charge in [0.05, 0.1) is 0 Å². The van der Waals surface area contributed by atoms with Crippen LogP contribution in [0.3, 0.4) is 0 Å². The standard InChI is InChI=1S/C28H24FN/c1-19(2)18-30-27-14-10-22(20-6-4-3-5-7-20)16-25(27)26-17-23(11-15-28(26)30)21-8-12-24(29)13-9-21/h3-17,19H,18H2,1-2H3. The van der Waals surface area contributed by atoms with Crippen molar-refractivity contribution in [3.05, 3.63) is 96.8 Å². The first kappa shape index (κ1) is 18.6. The van der Waals surface area contributed by atoms with Crippen molar-refractivity contribution in [3.8, 4) is 22.3 Å². The minimum atomic E-state index is -0.208. The average molecular weight is 394 g/mol. The largest absolute Gasteiger partial charge is 0.340 e. The quantitative estimate of drug-likeness (QED) is 0.292. The molecule has 2 heteroatoms. The lowest BCUT2D eigenvalue weighted by Crippen LogP contribution is -2.03. The molecule has 5 rings (SSSR count). The Labute approximate surface area is 176 Å². The maximum Gasteiger partial charge on any atom is 0.123 e. The summed E-state index contributed by atoms with van der Waals surface area (Å²) >= 11 is 0. The second-order valence-electron chi connectivity index (χ2n) is 8.34. The van der Waals surface area contributed by atoms with E-state index in [9.17, 15) is 4.39 Å². The minimum absolute atomic E-state index is 0.208. The van der Waals surface area contributed by atoms with Crippen LogP contribution in [0.1, 0.15) is 13.8 Å². The zero-order chi connectivity index (χ0) is 20.7. The van der Waals surface area contributed by atoms with Crippen molar-refractivity contribution >= 4 is 21.8 Å². The Morgan fingerprint density at radius 3 is 1.67 bits per heavy atom. The molecule has 0 aliphatic rings. The van der Waals surface area contributed by atoms with Crippen molar-refractivity contribution in [2.75, 3.05) is 0 Å². The first-order valence-electron chi connectivity index (χ1n) is 10.5. The Hall–Kier alpha value is -3.39. The van der Waals surface area contributed by atoms with Gasteiger partial charge >= 0.3 is 0 Å². The lowest BCUT2D eigenvalue weighted by Gasteiger charge is -2.11. The normalized spacial score (nSPS) is 11.6. The summed E-state index contributed by atoms with van der Waals surface area (Å²) < 4.78 is 15.8. The fraction of sp³-hybridized carbons (Fsp3) is 0.143. The monoisotopic (exact) mass is 393 g/mol. The van der Waals surface area contributed by atoms with Crippen molar-refractivity contribution in [1.82, 2.24) is 4.57 Å². The van der Waals surface area contributed by atoms with Gasteiger partial charge in [-0.1, -0.05) is 68.4 Å². The SMILES string of the molecule is CC(C)Cn1c2ccc(-c3ccccc3)cc2c2cc(-c3ccc(F)cc3)ccc21. The summed E-state index contributed by atoms with van der Waals surface area (Å²) in [6, 6.07) is 30.6. The lowest BCUT2D eigenvalue weighted by molar-refractivity contribution is 0.545. The fourth-order valence-corrected chi connectivity index (χ4v) is 4.30. The van der Waals surface area contributed by atoms with Crippen LogP contribution >= 0.6 is 0 Å². The lowest BCUT2D eigenvalue weighted by atomic mass is 10.0. The van der Waals surface area contributed by atoms with Gasteiger partial charge in [-0.2, -0.15) is 0 Å². The molecule has 5 aromatic rings. The molecule has 1 nitrogen and oxygen atoms in total. The number of hydrogen-bond acceptors (Lipinski definition) is 0. The molecule has 0 radical (unpaired) electrons. The Balaban J connectivity index is 1.76. The Morgan fingerprint density at radius 2 is 1.13 bits per heavy atom. The molecular formula is C28H24FN. The van der Waals surface area contributed by atoms with E-state index in [1.54, 1.807) is 0 Å². The van der Waals surface area contributed by atoms with E-state index in [4.69, 9.17) is 0 Å². The van der Waals surface area contributed by atoms with Gasteiger partial charge in [-0.15, -0.1) is 0 Å². The number of rotatable bonds is 4. The summed E-state index contributed by atoms with van der Waals surface area (Å²) in [4.78, 5) is 0. The number of hydrogen-bond donors (Lipinski definition) is 0. The summed E-state index contributed by atoms with van der Waals surface area (Å²) in [6.07, 6.45) is 0. The van der Waals surface area contributed by atoms with Gasteiger partial charge in [-0.25, -0.2) is 4.39 Å². The maximum absolute atomic E-state index is 13.4. The van der Waals surface area contributed by atoms with Gasteiger partial charge in [-0.05, 0) is 64.6 Å². The maximum atomic E-state index is 13.4. The van der Waals surface area contributed by atoms with E-state index in [1.165, 1.54) is 45.1 Å². The smallest absolute Gasteiger partial charge is 0.123 e. The van der Waals surface area contributed by atoms with Crippen molar-refractivity contribution < 1.29 is 4.39 Å². The molecule has 4 aromatic carbocycles. The van der Waals surface area contributed by atoms with Crippen LogP contribution in [-0.2, 0) is 6.54 Å². The molecule has 0 saturated heterocycles. The summed E-state index contributed by atoms with van der Waals surface area (Å²) in [5.41, 5.74) is 7.08. The van der Waals surface area contributed by atoms with Gasteiger partial charge < -0.3 is 4.57 Å². The zero-order valence-corrected chi connectivity index (χ0v) is 17.3. The molecule has 1 heterocycles. The van der Waals surface area contributed by atoms with Crippen LogP contribution in [0.25, 0.3) is 44.1 Å². The van der Waals surface area contributed by atoms with E-state index in [0.717, 1.165) is 17.7 Å². The number of fused-ring (bicyclic) bond motifs is 3. The molecule has 148 valence electrons. The van der Waals surface area contributed by atoms with E-state index >= 15 is 0 Å². The summed E-state index contributed by atoms with van der Waals surface area (Å²) in [5.74, 6) is 0.343. The highest BCUT2D eigenvalue weighted by Gasteiger charge is 2.14. The van der Waals surface area contributed by atoms with Crippen LogP contribution in [-0.4, -0.2) is 4.57 Å². The van der Waals surface area contributed by atoms with Gasteiger partial charge in [0.2, 0.25) is 0 Å². The van der Waals surface area contributed by atoms with E-state index in [1.807, 2.05) is 18.2 Å². The third-order valence-electron chi connectivity index (χ3n) is 5.70. The van der Waals surface area contributed by atoms with Gasteiger partial charge in [0.15, 0.2) is 0 Å². The second-order valence-corrected chi connectivity index (χ2v) is 8.34. The van der Waals surface area contributed by atoms with Crippen LogP contribution < -0.4 is 0 Å². The molecule has 0 amide bonds. The highest BCUT2D eigenvalue weighted by molar-refractivity contribution is 6.10. The minimum Gasteiger partial charge on any atom is -0.340 e. The first-order chi connectivity index (χ1) is 14.6. The Morgan fingerprint density at radius 1 is 0.633 bits per heavy atom. The topological polar surface area (TPSA) is 4.93 Å². The van der Waals surface area contributed by atoms with Crippen LogP contribution in [0.5, 0.6) is 0 Å². The van der Waals surface area contributed by atoms with Crippen LogP contribution in [0.15, 0.2) is 91.0 Å². The van der Waals surface area contributed by atoms with E-state index in [-0.39, 0.29) is 5.82 Å². The summed E-state index contributed by atoms with van der Waals surface area (Å²) in [5, 5.41) is 2.50. The fourth-order valence-electron chi connectivity index (χ4n) is 4.30. The first-order valence-corrected chi connectivity index (χ1v) is 10.5. The molecule has 1 aromatic heterocycles. The zero-order valence-electron chi connectivity index (χ0n) is 17.3. The highest BCUT2D eigenvalue weighted by atomic mass is 19.1. The van der Waals surface area contributed by atoms with Crippen molar-refractivity contribution in [1.29, 1.82) is 0 Å². The molecule has 30 heavy (non-hydrogen) atoms. The molecule has 0 saturated carbocycles. The number of nitrogens with zero attached hydrogens (tertiary/aromatic N) is 1. The Kier molecular flexibility index (Phi) is 4.63. The molecule has 0 fully saturated rings. The molecule has 0 N–H and O–H groups in total. The molecule has 0 atom stereocenters. The predicted octanol–water partition coefficient (Wildman–Crippen LogP) is 7.92. The van der Waals surface area contributed by atoms with Crippen molar-refractivity contribution in [3.63, 3.8) is 0 Å². The molecule has 0 aliphatic heterocycles. The number of halogens is 1. The van der Waals surface area contributed by atoms with E-state index in [2.05, 4.69) is 79.1 Å². The van der Waals surface area contributed by atoms with Gasteiger partial charge in [0, 0.05) is 28.4 Å². The average Bonchev–Trinajstić information content (AvgIpc) is 3.07. The third kappa shape index (κ3) is 3.29. The molecule has 0 bridgehead atoms. The van der Waals surface area contributed by atoms with Crippen LogP contribution in [0.2, 0.25) is 0 Å².